The van der Waals surface area contributed by atoms with Crippen LogP contribution >= 0.6 is 0 Å². The fourth-order valence-corrected chi connectivity index (χ4v) is 2.73. The van der Waals surface area contributed by atoms with Gasteiger partial charge in [-0.25, -0.2) is 8.96 Å². The van der Waals surface area contributed by atoms with Crippen molar-refractivity contribution in [3.63, 3.8) is 0 Å². The summed E-state index contributed by atoms with van der Waals surface area (Å²) in [7, 11) is 0. The van der Waals surface area contributed by atoms with Crippen molar-refractivity contribution in [2.24, 2.45) is 0 Å². The lowest BCUT2D eigenvalue weighted by molar-refractivity contribution is -0.697. The zero-order valence-corrected chi connectivity index (χ0v) is 16.0. The number of rotatable bonds is 6. The minimum absolute atomic E-state index is 0.242. The Bertz CT molecular complexity index is 881. The fraction of sp³-hybridized carbons (Fsp3) is 0.500. The quantitative estimate of drug-likeness (QED) is 0.747. The standard InChI is InChI=1S/C20H25FN5/c1-6-7-25-13-24-26(14-25)10-15-8-16(19(2,3)11-22)9-17(18(15)21)20(4,5)12-23/h8-9,13-14H,6-7,10H2,1-5H3/q+1. The van der Waals surface area contributed by atoms with Gasteiger partial charge in [-0.3, -0.25) is 0 Å². The van der Waals surface area contributed by atoms with Crippen molar-refractivity contribution in [1.82, 2.24) is 9.78 Å². The van der Waals surface area contributed by atoms with E-state index in [-0.39, 0.29) is 6.54 Å². The average Bonchev–Trinajstić information content (AvgIpc) is 3.03. The number of benzene rings is 1. The summed E-state index contributed by atoms with van der Waals surface area (Å²) in [6.45, 7) is 10.1. The van der Waals surface area contributed by atoms with Gasteiger partial charge in [0.1, 0.15) is 12.4 Å². The van der Waals surface area contributed by atoms with Gasteiger partial charge in [-0.05, 0) is 51.8 Å². The van der Waals surface area contributed by atoms with Crippen LogP contribution in [0.25, 0.3) is 0 Å². The monoisotopic (exact) mass is 354 g/mol. The fourth-order valence-electron chi connectivity index (χ4n) is 2.73. The molecule has 5 nitrogen and oxygen atoms in total. The maximum atomic E-state index is 15.2. The SMILES string of the molecule is CCC[n+]1cnn(Cc2cc(C(C)(C)C#N)cc(C(C)(C)C#N)c2F)c1. The molecule has 0 aliphatic rings. The van der Waals surface area contributed by atoms with Gasteiger partial charge in [0.05, 0.1) is 29.5 Å². The minimum Gasteiger partial charge on any atom is -0.237 e. The van der Waals surface area contributed by atoms with Gasteiger partial charge in [0.25, 0.3) is 6.33 Å². The zero-order chi connectivity index (χ0) is 19.5. The smallest absolute Gasteiger partial charge is 0.237 e. The second-order valence-corrected chi connectivity index (χ2v) is 7.65. The van der Waals surface area contributed by atoms with Crippen LogP contribution in [-0.2, 0) is 23.9 Å². The van der Waals surface area contributed by atoms with Crippen LogP contribution in [0.2, 0.25) is 0 Å². The summed E-state index contributed by atoms with van der Waals surface area (Å²) in [5.41, 5.74) is -0.342. The van der Waals surface area contributed by atoms with Crippen LogP contribution in [0.3, 0.4) is 0 Å². The highest BCUT2D eigenvalue weighted by atomic mass is 19.1. The Hall–Kier alpha value is -2.73. The average molecular weight is 354 g/mol. The van der Waals surface area contributed by atoms with Gasteiger partial charge in [-0.1, -0.05) is 6.92 Å². The Morgan fingerprint density at radius 3 is 2.38 bits per heavy atom. The van der Waals surface area contributed by atoms with E-state index >= 15 is 4.39 Å². The van der Waals surface area contributed by atoms with Crippen LogP contribution in [0.1, 0.15) is 57.7 Å². The van der Waals surface area contributed by atoms with E-state index in [9.17, 15) is 10.5 Å². The molecular weight excluding hydrogens is 329 g/mol. The van der Waals surface area contributed by atoms with Crippen LogP contribution in [0.4, 0.5) is 4.39 Å². The molecule has 0 atom stereocenters. The highest BCUT2D eigenvalue weighted by Gasteiger charge is 2.30. The third kappa shape index (κ3) is 3.91. The number of halogens is 1. The molecule has 0 radical (unpaired) electrons. The van der Waals surface area contributed by atoms with E-state index in [0.29, 0.717) is 16.7 Å². The van der Waals surface area contributed by atoms with Crippen molar-refractivity contribution in [3.05, 3.63) is 47.3 Å². The predicted octanol–water partition coefficient (Wildman–Crippen LogP) is 3.37. The van der Waals surface area contributed by atoms with Gasteiger partial charge >= 0.3 is 0 Å². The van der Waals surface area contributed by atoms with Crippen molar-refractivity contribution in [1.29, 1.82) is 10.5 Å². The predicted molar refractivity (Wildman–Crippen MR) is 95.5 cm³/mol. The molecule has 0 saturated heterocycles. The van der Waals surface area contributed by atoms with E-state index in [1.807, 2.05) is 10.9 Å². The lowest BCUT2D eigenvalue weighted by Gasteiger charge is -2.23. The summed E-state index contributed by atoms with van der Waals surface area (Å²) in [6.07, 6.45) is 4.53. The van der Waals surface area contributed by atoms with E-state index in [4.69, 9.17) is 0 Å². The molecule has 0 fully saturated rings. The van der Waals surface area contributed by atoms with Crippen molar-refractivity contribution >= 4 is 0 Å². The topological polar surface area (TPSA) is 69.3 Å². The number of aryl methyl sites for hydroxylation is 1. The molecule has 0 spiro atoms. The Kier molecular flexibility index (Phi) is 5.47. The molecule has 1 aromatic carbocycles. The maximum Gasteiger partial charge on any atom is 0.265 e. The van der Waals surface area contributed by atoms with Crippen LogP contribution in [-0.4, -0.2) is 9.78 Å². The van der Waals surface area contributed by atoms with E-state index in [1.54, 1.807) is 50.8 Å². The molecule has 1 heterocycles. The molecule has 2 aromatic rings. The summed E-state index contributed by atoms with van der Waals surface area (Å²) in [4.78, 5) is 0. The van der Waals surface area contributed by atoms with Gasteiger partial charge in [0.15, 0.2) is 0 Å². The van der Waals surface area contributed by atoms with Crippen LogP contribution in [0.5, 0.6) is 0 Å². The highest BCUT2D eigenvalue weighted by Crippen LogP contribution is 2.33. The normalized spacial score (nSPS) is 11.8. The van der Waals surface area contributed by atoms with Gasteiger partial charge < -0.3 is 0 Å². The Balaban J connectivity index is 2.57. The second-order valence-electron chi connectivity index (χ2n) is 7.65. The molecule has 6 heteroatoms. The molecule has 0 N–H and O–H groups in total. The molecular formula is C20H25FN5+. The van der Waals surface area contributed by atoms with Crippen LogP contribution < -0.4 is 4.57 Å². The van der Waals surface area contributed by atoms with Crippen molar-refractivity contribution in [2.45, 2.75) is 65.0 Å². The number of hydrogen-bond acceptors (Lipinski definition) is 3. The van der Waals surface area contributed by atoms with Crippen molar-refractivity contribution in [2.75, 3.05) is 0 Å². The molecule has 136 valence electrons. The molecule has 1 aromatic heterocycles. The molecule has 0 bridgehead atoms. The first kappa shape index (κ1) is 19.6. The summed E-state index contributed by atoms with van der Waals surface area (Å²) < 4.78 is 18.8. The first-order valence-electron chi connectivity index (χ1n) is 8.72. The number of nitriles is 2. The lowest BCUT2D eigenvalue weighted by Crippen LogP contribution is -2.30. The molecule has 26 heavy (non-hydrogen) atoms. The highest BCUT2D eigenvalue weighted by molar-refractivity contribution is 5.43. The lowest BCUT2D eigenvalue weighted by atomic mass is 9.78. The molecule has 0 aliphatic heterocycles. The summed E-state index contributed by atoms with van der Waals surface area (Å²) >= 11 is 0. The molecule has 0 amide bonds. The van der Waals surface area contributed by atoms with Gasteiger partial charge in [0, 0.05) is 16.2 Å². The minimum atomic E-state index is -0.993. The maximum absolute atomic E-state index is 15.2. The molecule has 0 unspecified atom stereocenters. The number of hydrogen-bond donors (Lipinski definition) is 0. The molecule has 2 rings (SSSR count). The first-order chi connectivity index (χ1) is 12.1. The van der Waals surface area contributed by atoms with Gasteiger partial charge in [-0.15, -0.1) is 4.68 Å². The van der Waals surface area contributed by atoms with E-state index in [0.717, 1.165) is 13.0 Å². The summed E-state index contributed by atoms with van der Waals surface area (Å²) in [6, 6.07) is 7.77. The van der Waals surface area contributed by atoms with Crippen LogP contribution in [0, 0.1) is 28.5 Å². The van der Waals surface area contributed by atoms with E-state index in [1.165, 1.54) is 0 Å². The molecule has 0 saturated carbocycles. The number of aromatic nitrogens is 3. The largest absolute Gasteiger partial charge is 0.265 e. The van der Waals surface area contributed by atoms with E-state index in [2.05, 4.69) is 24.2 Å². The van der Waals surface area contributed by atoms with Gasteiger partial charge in [0.2, 0.25) is 6.33 Å². The zero-order valence-electron chi connectivity index (χ0n) is 16.0. The third-order valence-electron chi connectivity index (χ3n) is 4.55. The Labute approximate surface area is 154 Å². The van der Waals surface area contributed by atoms with Crippen molar-refractivity contribution in [3.8, 4) is 12.1 Å². The molecule has 0 aliphatic carbocycles. The Morgan fingerprint density at radius 2 is 1.81 bits per heavy atom. The Morgan fingerprint density at radius 1 is 1.15 bits per heavy atom. The summed E-state index contributed by atoms with van der Waals surface area (Å²) in [5.74, 6) is -0.411. The van der Waals surface area contributed by atoms with Crippen LogP contribution in [0.15, 0.2) is 24.8 Å². The summed E-state index contributed by atoms with van der Waals surface area (Å²) in [5, 5.41) is 23.2. The third-order valence-corrected chi connectivity index (χ3v) is 4.55. The van der Waals surface area contributed by atoms with E-state index < -0.39 is 16.6 Å². The van der Waals surface area contributed by atoms with Gasteiger partial charge in [-0.2, -0.15) is 10.5 Å². The first-order valence-corrected chi connectivity index (χ1v) is 8.72. The number of nitrogens with zero attached hydrogens (tertiary/aromatic N) is 5. The van der Waals surface area contributed by atoms with Crippen molar-refractivity contribution < 1.29 is 8.96 Å². The second kappa shape index (κ2) is 7.25.